The van der Waals surface area contributed by atoms with Gasteiger partial charge in [0, 0.05) is 6.42 Å². The lowest BCUT2D eigenvalue weighted by molar-refractivity contribution is -0.190. The molecule has 6 heteroatoms. The molecule has 6 nitrogen and oxygen atoms in total. The Labute approximate surface area is 227 Å². The van der Waals surface area contributed by atoms with E-state index in [0.717, 1.165) is 25.7 Å². The van der Waals surface area contributed by atoms with Gasteiger partial charge in [0.05, 0.1) is 5.92 Å². The highest BCUT2D eigenvalue weighted by atomic mass is 16.6. The Morgan fingerprint density at radius 3 is 1.73 bits per heavy atom. The van der Waals surface area contributed by atoms with Gasteiger partial charge in [0.1, 0.15) is 18.1 Å². The lowest BCUT2D eigenvalue weighted by Crippen LogP contribution is -2.47. The lowest BCUT2D eigenvalue weighted by atomic mass is 9.88. The van der Waals surface area contributed by atoms with Crippen LogP contribution in [0.4, 0.5) is 0 Å². The van der Waals surface area contributed by atoms with Crippen molar-refractivity contribution in [3.63, 3.8) is 0 Å². The van der Waals surface area contributed by atoms with E-state index in [1.165, 1.54) is 83.5 Å². The molecule has 1 unspecified atom stereocenters. The summed E-state index contributed by atoms with van der Waals surface area (Å²) in [5.41, 5.74) is 5.49. The van der Waals surface area contributed by atoms with Crippen molar-refractivity contribution >= 4 is 17.8 Å². The average Bonchev–Trinajstić information content (AvgIpc) is 2.84. The third-order valence-electron chi connectivity index (χ3n) is 7.70. The number of cyclic esters (lactones) is 1. The normalized spacial score (nSPS) is 18.8. The molecule has 37 heavy (non-hydrogen) atoms. The Kier molecular flexibility index (Phi) is 18.4. The summed E-state index contributed by atoms with van der Waals surface area (Å²) < 4.78 is 11.1. The Morgan fingerprint density at radius 1 is 0.838 bits per heavy atom. The smallest absolute Gasteiger partial charge is 0.318 e. The number of ether oxygens (including phenoxy) is 2. The zero-order chi connectivity index (χ0) is 27.5. The maximum Gasteiger partial charge on any atom is 0.318 e. The second kappa shape index (κ2) is 20.4. The summed E-state index contributed by atoms with van der Waals surface area (Å²) in [6.45, 7) is 8.15. The maximum absolute atomic E-state index is 12.8. The van der Waals surface area contributed by atoms with Gasteiger partial charge >= 0.3 is 11.9 Å². The van der Waals surface area contributed by atoms with Crippen molar-refractivity contribution in [3.8, 4) is 0 Å². The fourth-order valence-electron chi connectivity index (χ4n) is 5.31. The number of primary amides is 1. The molecule has 1 heterocycles. The Bertz CT molecular complexity index is 635. The average molecular weight is 524 g/mol. The molecule has 0 aromatic carbocycles. The predicted molar refractivity (Wildman–Crippen MR) is 150 cm³/mol. The van der Waals surface area contributed by atoms with Crippen LogP contribution >= 0.6 is 0 Å². The summed E-state index contributed by atoms with van der Waals surface area (Å²) in [6, 6.07) is 0. The number of amides is 1. The highest BCUT2D eigenvalue weighted by Crippen LogP contribution is 2.31. The molecule has 1 aliphatic heterocycles. The van der Waals surface area contributed by atoms with Gasteiger partial charge in [-0.3, -0.25) is 14.4 Å². The van der Waals surface area contributed by atoms with Crippen molar-refractivity contribution in [2.75, 3.05) is 0 Å². The Balaban J connectivity index is 2.28. The van der Waals surface area contributed by atoms with Crippen molar-refractivity contribution < 1.29 is 23.9 Å². The molecule has 216 valence electrons. The van der Waals surface area contributed by atoms with Crippen LogP contribution in [0.1, 0.15) is 150 Å². The molecule has 1 aliphatic rings. The molecule has 1 amide bonds. The first kappa shape index (κ1) is 33.4. The van der Waals surface area contributed by atoms with E-state index in [4.69, 9.17) is 15.2 Å². The molecule has 0 aromatic rings. The van der Waals surface area contributed by atoms with Crippen LogP contribution in [0.5, 0.6) is 0 Å². The summed E-state index contributed by atoms with van der Waals surface area (Å²) in [6.07, 6.45) is 21.3. The Hall–Kier alpha value is -1.59. The van der Waals surface area contributed by atoms with Crippen LogP contribution in [-0.2, 0) is 23.9 Å². The van der Waals surface area contributed by atoms with Crippen molar-refractivity contribution in [1.82, 2.24) is 0 Å². The van der Waals surface area contributed by atoms with Crippen LogP contribution in [0, 0.1) is 17.8 Å². The first-order valence-corrected chi connectivity index (χ1v) is 15.5. The number of carbonyl (C=O) groups is 3. The zero-order valence-corrected chi connectivity index (χ0v) is 24.4. The topological polar surface area (TPSA) is 95.7 Å². The number of carbonyl (C=O) groups excluding carboxylic acids is 3. The van der Waals surface area contributed by atoms with Gasteiger partial charge in [-0.25, -0.2) is 0 Å². The van der Waals surface area contributed by atoms with Crippen LogP contribution in [0.15, 0.2) is 0 Å². The summed E-state index contributed by atoms with van der Waals surface area (Å²) in [5, 5.41) is 0. The third-order valence-corrected chi connectivity index (χ3v) is 7.70. The van der Waals surface area contributed by atoms with Gasteiger partial charge in [0.25, 0.3) is 0 Å². The number of rotatable bonds is 24. The molecule has 0 aromatic heterocycles. The molecule has 0 saturated carbocycles. The van der Waals surface area contributed by atoms with E-state index < -0.39 is 17.8 Å². The third kappa shape index (κ3) is 14.8. The van der Waals surface area contributed by atoms with Crippen molar-refractivity contribution in [2.45, 2.75) is 162 Å². The van der Waals surface area contributed by atoms with Gasteiger partial charge in [-0.1, -0.05) is 118 Å². The molecule has 2 N–H and O–H groups in total. The molecule has 1 saturated heterocycles. The van der Waals surface area contributed by atoms with Gasteiger partial charge < -0.3 is 15.2 Å². The summed E-state index contributed by atoms with van der Waals surface area (Å²) in [7, 11) is 0. The maximum atomic E-state index is 12.8. The van der Waals surface area contributed by atoms with E-state index in [0.29, 0.717) is 12.8 Å². The van der Waals surface area contributed by atoms with Gasteiger partial charge in [-0.15, -0.1) is 0 Å². The summed E-state index contributed by atoms with van der Waals surface area (Å²) in [4.78, 5) is 36.3. The van der Waals surface area contributed by atoms with Crippen LogP contribution < -0.4 is 5.73 Å². The van der Waals surface area contributed by atoms with Gasteiger partial charge in [-0.05, 0) is 31.6 Å². The Morgan fingerprint density at radius 2 is 1.32 bits per heavy atom. The van der Waals surface area contributed by atoms with Crippen LogP contribution in [-0.4, -0.2) is 30.1 Å². The van der Waals surface area contributed by atoms with Crippen molar-refractivity contribution in [3.05, 3.63) is 0 Å². The first-order chi connectivity index (χ1) is 17.8. The van der Waals surface area contributed by atoms with E-state index in [2.05, 4.69) is 6.92 Å². The fourth-order valence-corrected chi connectivity index (χ4v) is 5.31. The molecule has 0 aliphatic carbocycles. The van der Waals surface area contributed by atoms with Crippen molar-refractivity contribution in [2.24, 2.45) is 23.5 Å². The van der Waals surface area contributed by atoms with Crippen molar-refractivity contribution in [1.29, 1.82) is 0 Å². The zero-order valence-electron chi connectivity index (χ0n) is 24.4. The molecular weight excluding hydrogens is 466 g/mol. The molecule has 1 rings (SSSR count). The molecule has 0 spiro atoms. The highest BCUT2D eigenvalue weighted by molar-refractivity contribution is 5.97. The fraction of sp³-hybridized carbons (Fsp3) is 0.903. The minimum absolute atomic E-state index is 0.120. The largest absolute Gasteiger partial charge is 0.462 e. The SMILES string of the molecule is CCCCCCCCCCCCCCCCC[C@@H](C[C@@H]1OC(=O)[C@H]1CC)OC(=O)C(CC(C)C)C(N)=O. The summed E-state index contributed by atoms with van der Waals surface area (Å²) >= 11 is 0. The number of esters is 2. The van der Waals surface area contributed by atoms with Gasteiger partial charge in [0.15, 0.2) is 0 Å². The lowest BCUT2D eigenvalue weighted by Gasteiger charge is -2.36. The van der Waals surface area contributed by atoms with Crippen LogP contribution in [0.25, 0.3) is 0 Å². The number of hydrogen-bond donors (Lipinski definition) is 1. The van der Waals surface area contributed by atoms with Gasteiger partial charge in [-0.2, -0.15) is 0 Å². The predicted octanol–water partition coefficient (Wildman–Crippen LogP) is 7.65. The molecule has 0 bridgehead atoms. The van der Waals surface area contributed by atoms with Gasteiger partial charge in [0.2, 0.25) is 5.91 Å². The number of nitrogens with two attached hydrogens (primary N) is 1. The molecule has 0 radical (unpaired) electrons. The second-order valence-corrected chi connectivity index (χ2v) is 11.6. The van der Waals surface area contributed by atoms with E-state index >= 15 is 0 Å². The minimum Gasteiger partial charge on any atom is -0.462 e. The quantitative estimate of drug-likeness (QED) is 0.0796. The molecule has 4 atom stereocenters. The van der Waals surface area contributed by atoms with E-state index in [9.17, 15) is 14.4 Å². The highest BCUT2D eigenvalue weighted by Gasteiger charge is 2.43. The van der Waals surface area contributed by atoms with E-state index in [1.54, 1.807) is 0 Å². The number of unbranched alkanes of at least 4 members (excludes halogenated alkanes) is 14. The first-order valence-electron chi connectivity index (χ1n) is 15.5. The van der Waals surface area contributed by atoms with Crippen LogP contribution in [0.2, 0.25) is 0 Å². The second-order valence-electron chi connectivity index (χ2n) is 11.6. The monoisotopic (exact) mass is 523 g/mol. The van der Waals surface area contributed by atoms with E-state index in [1.807, 2.05) is 20.8 Å². The summed E-state index contributed by atoms with van der Waals surface area (Å²) in [5.74, 6) is -2.22. The molecule has 1 fully saturated rings. The number of hydrogen-bond acceptors (Lipinski definition) is 5. The van der Waals surface area contributed by atoms with Crippen LogP contribution in [0.3, 0.4) is 0 Å². The standard InChI is InChI=1S/C31H57NO5/c1-5-7-8-9-10-11-12-13-14-15-16-17-18-19-20-21-25(23-28-26(6-2)30(34)37-28)36-31(35)27(29(32)33)22-24(3)4/h24-28H,5-23H2,1-4H3,(H2,32,33)/t25-,26-,27?,28-/m0/s1. The minimum atomic E-state index is -0.922. The molecular formula is C31H57NO5. The van der Waals surface area contributed by atoms with E-state index in [-0.39, 0.29) is 30.0 Å².